The highest BCUT2D eigenvalue weighted by atomic mass is 15.2. The van der Waals surface area contributed by atoms with Crippen LogP contribution in [0, 0.1) is 0 Å². The lowest BCUT2D eigenvalue weighted by Crippen LogP contribution is -2.26. The first-order chi connectivity index (χ1) is 6.77. The number of nitrogens with zero attached hydrogens (tertiary/aromatic N) is 3. The summed E-state index contributed by atoms with van der Waals surface area (Å²) in [6.07, 6.45) is 2.10. The van der Waals surface area contributed by atoms with Crippen molar-refractivity contribution in [3.8, 4) is 0 Å². The molecule has 0 unspecified atom stereocenters. The molecule has 0 aliphatic heterocycles. The third kappa shape index (κ3) is 2.96. The first-order valence-corrected chi connectivity index (χ1v) is 5.01. The zero-order chi connectivity index (χ0) is 10.4. The smallest absolute Gasteiger partial charge is 0.151 e. The van der Waals surface area contributed by atoms with E-state index in [-0.39, 0.29) is 0 Å². The number of rotatable bonds is 5. The number of nitrogens with two attached hydrogens (primary N) is 1. The summed E-state index contributed by atoms with van der Waals surface area (Å²) < 4.78 is 0. The summed E-state index contributed by atoms with van der Waals surface area (Å²) in [5.41, 5.74) is 6.51. The maximum atomic E-state index is 5.45. The van der Waals surface area contributed by atoms with Crippen LogP contribution in [0.3, 0.4) is 0 Å². The van der Waals surface area contributed by atoms with Crippen molar-refractivity contribution in [3.05, 3.63) is 17.8 Å². The van der Waals surface area contributed by atoms with E-state index in [0.29, 0.717) is 6.54 Å². The Morgan fingerprint density at radius 3 is 2.64 bits per heavy atom. The van der Waals surface area contributed by atoms with Crippen LogP contribution in [-0.2, 0) is 6.42 Å². The summed E-state index contributed by atoms with van der Waals surface area (Å²) in [6, 6.07) is 4.02. The van der Waals surface area contributed by atoms with Crippen molar-refractivity contribution in [2.24, 2.45) is 5.73 Å². The molecule has 0 aromatic carbocycles. The Balaban J connectivity index is 2.62. The molecule has 0 saturated carbocycles. The maximum absolute atomic E-state index is 5.45. The fourth-order valence-corrected chi connectivity index (χ4v) is 1.25. The Morgan fingerprint density at radius 2 is 2.14 bits per heavy atom. The summed E-state index contributed by atoms with van der Waals surface area (Å²) >= 11 is 0. The Kier molecular flexibility index (Phi) is 4.32. The predicted molar refractivity (Wildman–Crippen MR) is 58.4 cm³/mol. The quantitative estimate of drug-likeness (QED) is 0.754. The van der Waals surface area contributed by atoms with E-state index in [1.807, 2.05) is 24.1 Å². The number of likely N-dealkylation sites (N-methyl/N-ethyl adjacent to an activating group) is 1. The predicted octanol–water partition coefficient (Wildman–Crippen LogP) is 0.824. The van der Waals surface area contributed by atoms with Gasteiger partial charge < -0.3 is 10.6 Å². The lowest BCUT2D eigenvalue weighted by Gasteiger charge is -2.15. The minimum absolute atomic E-state index is 0.634. The molecule has 0 aliphatic rings. The van der Waals surface area contributed by atoms with Crippen LogP contribution in [0.15, 0.2) is 12.1 Å². The van der Waals surface area contributed by atoms with Crippen molar-refractivity contribution in [2.45, 2.75) is 19.8 Å². The van der Waals surface area contributed by atoms with Crippen molar-refractivity contribution in [2.75, 3.05) is 25.0 Å². The molecular weight excluding hydrogens is 176 g/mol. The molecule has 1 aromatic heterocycles. The van der Waals surface area contributed by atoms with E-state index in [2.05, 4.69) is 17.1 Å². The molecule has 0 bridgehead atoms. The average molecular weight is 194 g/mol. The van der Waals surface area contributed by atoms with Gasteiger partial charge in [0.1, 0.15) is 0 Å². The molecule has 4 nitrogen and oxygen atoms in total. The molecule has 1 aromatic rings. The molecule has 78 valence electrons. The molecule has 2 N–H and O–H groups in total. The van der Waals surface area contributed by atoms with Gasteiger partial charge in [-0.3, -0.25) is 0 Å². The number of aryl methyl sites for hydroxylation is 1. The number of hydrogen-bond donors (Lipinski definition) is 1. The first-order valence-electron chi connectivity index (χ1n) is 5.01. The summed E-state index contributed by atoms with van der Waals surface area (Å²) in [7, 11) is 1.97. The zero-order valence-corrected chi connectivity index (χ0v) is 8.90. The van der Waals surface area contributed by atoms with Crippen LogP contribution < -0.4 is 10.6 Å². The molecule has 0 saturated heterocycles. The SMILES string of the molecule is CCCc1ccc(N(C)CCN)nn1. The topological polar surface area (TPSA) is 55.0 Å². The van der Waals surface area contributed by atoms with Crippen LogP contribution in [-0.4, -0.2) is 30.3 Å². The second-order valence-electron chi connectivity index (χ2n) is 3.34. The van der Waals surface area contributed by atoms with E-state index in [9.17, 15) is 0 Å². The van der Waals surface area contributed by atoms with E-state index in [1.54, 1.807) is 0 Å². The van der Waals surface area contributed by atoms with Crippen LogP contribution in [0.5, 0.6) is 0 Å². The van der Waals surface area contributed by atoms with Crippen LogP contribution in [0.1, 0.15) is 19.0 Å². The van der Waals surface area contributed by atoms with Crippen LogP contribution >= 0.6 is 0 Å². The minimum atomic E-state index is 0.634. The van der Waals surface area contributed by atoms with Crippen molar-refractivity contribution in [1.29, 1.82) is 0 Å². The van der Waals surface area contributed by atoms with Gasteiger partial charge in [-0.1, -0.05) is 13.3 Å². The lowest BCUT2D eigenvalue weighted by atomic mass is 10.2. The highest BCUT2D eigenvalue weighted by Gasteiger charge is 2.01. The molecule has 14 heavy (non-hydrogen) atoms. The Morgan fingerprint density at radius 1 is 1.36 bits per heavy atom. The lowest BCUT2D eigenvalue weighted by molar-refractivity contribution is 0.807. The molecule has 0 atom stereocenters. The van der Waals surface area contributed by atoms with Gasteiger partial charge in [0.15, 0.2) is 5.82 Å². The largest absolute Gasteiger partial charge is 0.357 e. The highest BCUT2D eigenvalue weighted by molar-refractivity contribution is 5.35. The van der Waals surface area contributed by atoms with Gasteiger partial charge in [0, 0.05) is 20.1 Å². The fraction of sp³-hybridized carbons (Fsp3) is 0.600. The van der Waals surface area contributed by atoms with Gasteiger partial charge in [0.25, 0.3) is 0 Å². The standard InChI is InChI=1S/C10H18N4/c1-3-4-9-5-6-10(13-12-9)14(2)8-7-11/h5-6H,3-4,7-8,11H2,1-2H3. The monoisotopic (exact) mass is 194 g/mol. The van der Waals surface area contributed by atoms with Gasteiger partial charge in [0.2, 0.25) is 0 Å². The van der Waals surface area contributed by atoms with Gasteiger partial charge in [-0.15, -0.1) is 5.10 Å². The molecular formula is C10H18N4. The van der Waals surface area contributed by atoms with Gasteiger partial charge in [0.05, 0.1) is 5.69 Å². The van der Waals surface area contributed by atoms with E-state index in [0.717, 1.165) is 30.9 Å². The van der Waals surface area contributed by atoms with E-state index in [4.69, 9.17) is 5.73 Å². The second kappa shape index (κ2) is 5.54. The Hall–Kier alpha value is -1.16. The highest BCUT2D eigenvalue weighted by Crippen LogP contribution is 2.07. The Bertz CT molecular complexity index is 257. The summed E-state index contributed by atoms with van der Waals surface area (Å²) in [5, 5.41) is 8.28. The van der Waals surface area contributed by atoms with Crippen LogP contribution in [0.2, 0.25) is 0 Å². The Labute approximate surface area is 85.1 Å². The van der Waals surface area contributed by atoms with Gasteiger partial charge in [-0.05, 0) is 18.6 Å². The van der Waals surface area contributed by atoms with Gasteiger partial charge in [-0.25, -0.2) is 0 Å². The molecule has 0 radical (unpaired) electrons. The van der Waals surface area contributed by atoms with E-state index in [1.165, 1.54) is 0 Å². The molecule has 0 fully saturated rings. The van der Waals surface area contributed by atoms with E-state index < -0.39 is 0 Å². The normalized spacial score (nSPS) is 10.2. The summed E-state index contributed by atoms with van der Waals surface area (Å²) in [5.74, 6) is 0.885. The van der Waals surface area contributed by atoms with Crippen LogP contribution in [0.25, 0.3) is 0 Å². The van der Waals surface area contributed by atoms with Crippen LogP contribution in [0.4, 0.5) is 5.82 Å². The molecule has 1 rings (SSSR count). The number of aromatic nitrogens is 2. The molecule has 1 heterocycles. The zero-order valence-electron chi connectivity index (χ0n) is 8.90. The van der Waals surface area contributed by atoms with Crippen molar-refractivity contribution >= 4 is 5.82 Å². The number of hydrogen-bond acceptors (Lipinski definition) is 4. The molecule has 0 aliphatic carbocycles. The molecule has 0 amide bonds. The second-order valence-corrected chi connectivity index (χ2v) is 3.34. The molecule has 0 spiro atoms. The third-order valence-corrected chi connectivity index (χ3v) is 2.07. The number of anilines is 1. The summed E-state index contributed by atoms with van der Waals surface area (Å²) in [6.45, 7) is 3.58. The first kappa shape index (κ1) is 10.9. The average Bonchev–Trinajstić information content (AvgIpc) is 2.20. The minimum Gasteiger partial charge on any atom is -0.357 e. The summed E-state index contributed by atoms with van der Waals surface area (Å²) in [4.78, 5) is 2.00. The fourth-order valence-electron chi connectivity index (χ4n) is 1.25. The van der Waals surface area contributed by atoms with Crippen molar-refractivity contribution in [1.82, 2.24) is 10.2 Å². The van der Waals surface area contributed by atoms with Crippen molar-refractivity contribution < 1.29 is 0 Å². The van der Waals surface area contributed by atoms with Crippen molar-refractivity contribution in [3.63, 3.8) is 0 Å². The van der Waals surface area contributed by atoms with Gasteiger partial charge in [-0.2, -0.15) is 5.10 Å². The third-order valence-electron chi connectivity index (χ3n) is 2.07. The van der Waals surface area contributed by atoms with Gasteiger partial charge >= 0.3 is 0 Å². The molecule has 4 heteroatoms. The maximum Gasteiger partial charge on any atom is 0.151 e. The van der Waals surface area contributed by atoms with E-state index >= 15 is 0 Å².